The molecule has 2 rings (SSSR count). The van der Waals surface area contributed by atoms with E-state index in [2.05, 4.69) is 40.5 Å². The monoisotopic (exact) mass is 262 g/mol. The predicted octanol–water partition coefficient (Wildman–Crippen LogP) is 2.67. The predicted molar refractivity (Wildman–Crippen MR) is 80.8 cm³/mol. The summed E-state index contributed by atoms with van der Waals surface area (Å²) >= 11 is 0. The van der Waals surface area contributed by atoms with E-state index in [1.807, 2.05) is 0 Å². The number of hydrogen-bond donors (Lipinski definition) is 1. The molecule has 0 spiro atoms. The summed E-state index contributed by atoms with van der Waals surface area (Å²) in [6, 6.07) is 11.4. The van der Waals surface area contributed by atoms with Crippen molar-refractivity contribution in [1.82, 2.24) is 5.32 Å². The Morgan fingerprint density at radius 3 is 2.58 bits per heavy atom. The first-order valence-corrected chi connectivity index (χ1v) is 7.42. The van der Waals surface area contributed by atoms with Crippen molar-refractivity contribution in [2.24, 2.45) is 0 Å². The van der Waals surface area contributed by atoms with E-state index in [0.717, 1.165) is 19.6 Å². The third-order valence-corrected chi connectivity index (χ3v) is 3.82. The van der Waals surface area contributed by atoms with Crippen LogP contribution in [0.25, 0.3) is 0 Å². The fraction of sp³-hybridized carbons (Fsp3) is 0.625. The number of nitrogens with zero attached hydrogens (tertiary/aromatic N) is 1. The van der Waals surface area contributed by atoms with Gasteiger partial charge >= 0.3 is 0 Å². The SMILES string of the molecule is COCCCCNC1CCN(c2ccccc2)CC1. The molecular weight excluding hydrogens is 236 g/mol. The minimum atomic E-state index is 0.697. The van der Waals surface area contributed by atoms with E-state index >= 15 is 0 Å². The van der Waals surface area contributed by atoms with E-state index in [1.165, 1.54) is 38.0 Å². The topological polar surface area (TPSA) is 24.5 Å². The quantitative estimate of drug-likeness (QED) is 0.765. The average molecular weight is 262 g/mol. The number of unbranched alkanes of at least 4 members (excludes halogenated alkanes) is 1. The molecule has 0 atom stereocenters. The zero-order valence-corrected chi connectivity index (χ0v) is 12.0. The summed E-state index contributed by atoms with van der Waals surface area (Å²) in [4.78, 5) is 2.49. The molecule has 0 radical (unpaired) electrons. The van der Waals surface area contributed by atoms with Gasteiger partial charge in [-0.15, -0.1) is 0 Å². The van der Waals surface area contributed by atoms with E-state index < -0.39 is 0 Å². The number of ether oxygens (including phenoxy) is 1. The van der Waals surface area contributed by atoms with Crippen molar-refractivity contribution in [3.63, 3.8) is 0 Å². The second-order valence-corrected chi connectivity index (χ2v) is 5.25. The van der Waals surface area contributed by atoms with Gasteiger partial charge in [0.1, 0.15) is 0 Å². The van der Waals surface area contributed by atoms with Crippen LogP contribution in [0.5, 0.6) is 0 Å². The number of para-hydroxylation sites is 1. The highest BCUT2D eigenvalue weighted by molar-refractivity contribution is 5.46. The molecule has 0 aliphatic carbocycles. The van der Waals surface area contributed by atoms with Crippen LogP contribution in [0, 0.1) is 0 Å². The lowest BCUT2D eigenvalue weighted by Gasteiger charge is -2.34. The Morgan fingerprint density at radius 1 is 1.16 bits per heavy atom. The molecule has 1 aromatic rings. The highest BCUT2D eigenvalue weighted by atomic mass is 16.5. The molecule has 3 heteroatoms. The maximum atomic E-state index is 5.06. The summed E-state index contributed by atoms with van der Waals surface area (Å²) in [5.74, 6) is 0. The first kappa shape index (κ1) is 14.4. The van der Waals surface area contributed by atoms with E-state index in [-0.39, 0.29) is 0 Å². The van der Waals surface area contributed by atoms with Crippen LogP contribution in [0.1, 0.15) is 25.7 Å². The van der Waals surface area contributed by atoms with Gasteiger partial charge in [-0.25, -0.2) is 0 Å². The molecule has 1 aromatic carbocycles. The smallest absolute Gasteiger partial charge is 0.0462 e. The largest absolute Gasteiger partial charge is 0.385 e. The number of anilines is 1. The van der Waals surface area contributed by atoms with Crippen LogP contribution < -0.4 is 10.2 Å². The number of nitrogens with one attached hydrogen (secondary N) is 1. The van der Waals surface area contributed by atoms with Crippen LogP contribution in [0.3, 0.4) is 0 Å². The standard InChI is InChI=1S/C16H26N2O/c1-19-14-6-5-11-17-15-9-12-18(13-10-15)16-7-3-2-4-8-16/h2-4,7-8,15,17H,5-6,9-14H2,1H3. The maximum absolute atomic E-state index is 5.06. The van der Waals surface area contributed by atoms with Gasteiger partial charge in [0.05, 0.1) is 0 Å². The summed E-state index contributed by atoms with van der Waals surface area (Å²) in [7, 11) is 1.77. The Morgan fingerprint density at radius 2 is 1.89 bits per heavy atom. The van der Waals surface area contributed by atoms with Gasteiger partial charge in [-0.3, -0.25) is 0 Å². The summed E-state index contributed by atoms with van der Waals surface area (Å²) < 4.78 is 5.06. The minimum absolute atomic E-state index is 0.697. The van der Waals surface area contributed by atoms with Gasteiger partial charge in [0.15, 0.2) is 0 Å². The summed E-state index contributed by atoms with van der Waals surface area (Å²) in [6.45, 7) is 4.34. The molecule has 1 fully saturated rings. The van der Waals surface area contributed by atoms with Crippen molar-refractivity contribution in [2.75, 3.05) is 38.3 Å². The molecule has 1 saturated heterocycles. The van der Waals surface area contributed by atoms with E-state index in [0.29, 0.717) is 6.04 Å². The number of piperidine rings is 1. The fourth-order valence-corrected chi connectivity index (χ4v) is 2.66. The fourth-order valence-electron chi connectivity index (χ4n) is 2.66. The molecule has 1 aliphatic rings. The second kappa shape index (κ2) is 8.18. The van der Waals surface area contributed by atoms with Gasteiger partial charge in [-0.1, -0.05) is 18.2 Å². The third kappa shape index (κ3) is 4.84. The molecule has 106 valence electrons. The van der Waals surface area contributed by atoms with Crippen molar-refractivity contribution in [1.29, 1.82) is 0 Å². The van der Waals surface area contributed by atoms with Crippen molar-refractivity contribution in [2.45, 2.75) is 31.7 Å². The van der Waals surface area contributed by atoms with E-state index in [9.17, 15) is 0 Å². The van der Waals surface area contributed by atoms with Crippen molar-refractivity contribution in [3.8, 4) is 0 Å². The molecule has 19 heavy (non-hydrogen) atoms. The van der Waals surface area contributed by atoms with Gasteiger partial charge in [0.2, 0.25) is 0 Å². The molecular formula is C16H26N2O. The van der Waals surface area contributed by atoms with Crippen LogP contribution in [-0.2, 0) is 4.74 Å². The highest BCUT2D eigenvalue weighted by Gasteiger charge is 2.18. The lowest BCUT2D eigenvalue weighted by atomic mass is 10.0. The van der Waals surface area contributed by atoms with Gasteiger partial charge in [-0.05, 0) is 44.4 Å². The summed E-state index contributed by atoms with van der Waals surface area (Å²) in [5.41, 5.74) is 1.36. The molecule has 1 aliphatic heterocycles. The number of rotatable bonds is 7. The highest BCUT2D eigenvalue weighted by Crippen LogP contribution is 2.19. The molecule has 0 amide bonds. The summed E-state index contributed by atoms with van der Waals surface area (Å²) in [6.07, 6.45) is 4.87. The molecule has 1 heterocycles. The minimum Gasteiger partial charge on any atom is -0.385 e. The number of benzene rings is 1. The zero-order valence-electron chi connectivity index (χ0n) is 12.0. The lowest BCUT2D eigenvalue weighted by Crippen LogP contribution is -2.42. The first-order chi connectivity index (χ1) is 9.40. The molecule has 0 unspecified atom stereocenters. The first-order valence-electron chi connectivity index (χ1n) is 7.42. The van der Waals surface area contributed by atoms with Crippen LogP contribution in [0.15, 0.2) is 30.3 Å². The van der Waals surface area contributed by atoms with E-state index in [1.54, 1.807) is 7.11 Å². The second-order valence-electron chi connectivity index (χ2n) is 5.25. The van der Waals surface area contributed by atoms with Crippen LogP contribution in [0.4, 0.5) is 5.69 Å². The number of methoxy groups -OCH3 is 1. The van der Waals surface area contributed by atoms with E-state index in [4.69, 9.17) is 4.74 Å². The average Bonchev–Trinajstić information content (AvgIpc) is 2.49. The Balaban J connectivity index is 1.63. The van der Waals surface area contributed by atoms with Gasteiger partial charge in [0, 0.05) is 38.5 Å². The van der Waals surface area contributed by atoms with Crippen LogP contribution in [0.2, 0.25) is 0 Å². The van der Waals surface area contributed by atoms with Crippen LogP contribution in [-0.4, -0.2) is 39.4 Å². The molecule has 0 saturated carbocycles. The Labute approximate surface area is 116 Å². The van der Waals surface area contributed by atoms with Gasteiger partial charge in [0.25, 0.3) is 0 Å². The van der Waals surface area contributed by atoms with Crippen molar-refractivity contribution in [3.05, 3.63) is 30.3 Å². The number of hydrogen-bond acceptors (Lipinski definition) is 3. The third-order valence-electron chi connectivity index (χ3n) is 3.82. The van der Waals surface area contributed by atoms with Gasteiger partial charge < -0.3 is 15.0 Å². The summed E-state index contributed by atoms with van der Waals surface area (Å²) in [5, 5.41) is 3.67. The Kier molecular flexibility index (Phi) is 6.18. The van der Waals surface area contributed by atoms with Crippen molar-refractivity contribution < 1.29 is 4.74 Å². The molecule has 1 N–H and O–H groups in total. The maximum Gasteiger partial charge on any atom is 0.0462 e. The zero-order chi connectivity index (χ0) is 13.3. The molecule has 0 aromatic heterocycles. The lowest BCUT2D eigenvalue weighted by molar-refractivity contribution is 0.192. The van der Waals surface area contributed by atoms with Crippen LogP contribution >= 0.6 is 0 Å². The Hall–Kier alpha value is -1.06. The van der Waals surface area contributed by atoms with Crippen molar-refractivity contribution >= 4 is 5.69 Å². The molecule has 0 bridgehead atoms. The molecule has 3 nitrogen and oxygen atoms in total. The van der Waals surface area contributed by atoms with Gasteiger partial charge in [-0.2, -0.15) is 0 Å². The normalized spacial score (nSPS) is 16.8. The Bertz CT molecular complexity index is 334.